The van der Waals surface area contributed by atoms with Gasteiger partial charge in [-0.3, -0.25) is 0 Å². The smallest absolute Gasteiger partial charge is 0.410 e. The first kappa shape index (κ1) is 19.5. The topological polar surface area (TPSA) is 49.8 Å². The van der Waals surface area contributed by atoms with Crippen LogP contribution in [-0.4, -0.2) is 40.4 Å². The van der Waals surface area contributed by atoms with Crippen molar-refractivity contribution < 1.29 is 14.6 Å². The van der Waals surface area contributed by atoms with Gasteiger partial charge in [0.1, 0.15) is 5.60 Å². The van der Waals surface area contributed by atoms with E-state index in [2.05, 4.69) is 12.1 Å². The van der Waals surface area contributed by atoms with Crippen LogP contribution in [0.1, 0.15) is 53.0 Å². The monoisotopic (exact) mass is 321 g/mol. The van der Waals surface area contributed by atoms with Crippen molar-refractivity contribution in [3.05, 3.63) is 35.9 Å². The van der Waals surface area contributed by atoms with Gasteiger partial charge >= 0.3 is 6.09 Å². The van der Waals surface area contributed by atoms with Gasteiger partial charge in [0.05, 0.1) is 0 Å². The summed E-state index contributed by atoms with van der Waals surface area (Å²) in [6, 6.07) is 10.1. The molecule has 0 aliphatic heterocycles. The highest BCUT2D eigenvalue weighted by Crippen LogP contribution is 2.24. The molecule has 0 heterocycles. The minimum absolute atomic E-state index is 0.129. The Morgan fingerprint density at radius 2 is 1.74 bits per heavy atom. The number of amides is 1. The van der Waals surface area contributed by atoms with Crippen LogP contribution in [-0.2, 0) is 11.2 Å². The maximum Gasteiger partial charge on any atom is 0.410 e. The van der Waals surface area contributed by atoms with E-state index in [9.17, 15) is 4.79 Å². The maximum atomic E-state index is 12.6. The number of carbonyl (C=O) groups is 1. The molecule has 0 bridgehead atoms. The summed E-state index contributed by atoms with van der Waals surface area (Å²) in [7, 11) is 0. The fourth-order valence-corrected chi connectivity index (χ4v) is 2.49. The maximum absolute atomic E-state index is 12.6. The molecule has 0 fully saturated rings. The van der Waals surface area contributed by atoms with Crippen LogP contribution in [0.15, 0.2) is 30.3 Å². The molecule has 130 valence electrons. The lowest BCUT2D eigenvalue weighted by atomic mass is 9.95. The lowest BCUT2D eigenvalue weighted by Crippen LogP contribution is -2.50. The third kappa shape index (κ3) is 7.04. The van der Waals surface area contributed by atoms with Gasteiger partial charge in [0.25, 0.3) is 0 Å². The fourth-order valence-electron chi connectivity index (χ4n) is 2.49. The highest BCUT2D eigenvalue weighted by Gasteiger charge is 2.33. The minimum atomic E-state index is -0.519. The molecule has 1 aromatic carbocycles. The second kappa shape index (κ2) is 8.34. The number of nitrogens with zero attached hydrogens (tertiary/aromatic N) is 1. The van der Waals surface area contributed by atoms with Crippen LogP contribution in [0, 0.1) is 0 Å². The fraction of sp³-hybridized carbons (Fsp3) is 0.632. The zero-order valence-corrected chi connectivity index (χ0v) is 15.1. The highest BCUT2D eigenvalue weighted by atomic mass is 16.6. The molecule has 1 rings (SSSR count). The summed E-state index contributed by atoms with van der Waals surface area (Å²) in [6.45, 7) is 10.4. The average molecular weight is 321 g/mol. The van der Waals surface area contributed by atoms with Gasteiger partial charge in [-0.05, 0) is 59.4 Å². The first-order valence-corrected chi connectivity index (χ1v) is 8.31. The van der Waals surface area contributed by atoms with Crippen molar-refractivity contribution in [2.24, 2.45) is 0 Å². The number of benzene rings is 1. The Morgan fingerprint density at radius 1 is 1.13 bits per heavy atom. The van der Waals surface area contributed by atoms with Crippen molar-refractivity contribution in [3.8, 4) is 0 Å². The molecule has 0 spiro atoms. The molecule has 0 atom stereocenters. The third-order valence-corrected chi connectivity index (χ3v) is 3.76. The lowest BCUT2D eigenvalue weighted by molar-refractivity contribution is 0.000803. The SMILES string of the molecule is CC(C)(C)OC(=O)N(CCc1ccccc1)C(C)(C)CCCO. The molecule has 1 aromatic rings. The minimum Gasteiger partial charge on any atom is -0.444 e. The molecule has 0 unspecified atom stereocenters. The van der Waals surface area contributed by atoms with Crippen LogP contribution in [0.4, 0.5) is 4.79 Å². The summed E-state index contributed by atoms with van der Waals surface area (Å²) in [6.07, 6.45) is 1.88. The van der Waals surface area contributed by atoms with Crippen molar-refractivity contribution >= 4 is 6.09 Å². The van der Waals surface area contributed by atoms with Crippen molar-refractivity contribution in [2.45, 2.75) is 65.0 Å². The average Bonchev–Trinajstić information content (AvgIpc) is 2.44. The largest absolute Gasteiger partial charge is 0.444 e. The molecule has 0 aromatic heterocycles. The van der Waals surface area contributed by atoms with Crippen LogP contribution in [0.5, 0.6) is 0 Å². The van der Waals surface area contributed by atoms with Gasteiger partial charge in [-0.25, -0.2) is 4.79 Å². The van der Waals surface area contributed by atoms with Crippen molar-refractivity contribution in [3.63, 3.8) is 0 Å². The lowest BCUT2D eigenvalue weighted by Gasteiger charge is -2.39. The number of rotatable bonds is 7. The summed E-state index contributed by atoms with van der Waals surface area (Å²) in [5.74, 6) is 0. The van der Waals surface area contributed by atoms with E-state index >= 15 is 0 Å². The standard InChI is InChI=1S/C19H31NO3/c1-18(2,3)23-17(22)20(19(4,5)13-9-15-21)14-12-16-10-7-6-8-11-16/h6-8,10-11,21H,9,12-15H2,1-5H3. The number of carbonyl (C=O) groups excluding carboxylic acids is 1. The summed E-state index contributed by atoms with van der Waals surface area (Å²) in [4.78, 5) is 14.4. The van der Waals surface area contributed by atoms with Gasteiger partial charge in [-0.15, -0.1) is 0 Å². The van der Waals surface area contributed by atoms with Gasteiger partial charge in [-0.1, -0.05) is 30.3 Å². The molecule has 0 saturated carbocycles. The number of ether oxygens (including phenoxy) is 1. The summed E-state index contributed by atoms with van der Waals surface area (Å²) >= 11 is 0. The van der Waals surface area contributed by atoms with E-state index in [1.54, 1.807) is 4.90 Å². The van der Waals surface area contributed by atoms with E-state index < -0.39 is 5.60 Å². The molecule has 1 N–H and O–H groups in total. The molecule has 23 heavy (non-hydrogen) atoms. The van der Waals surface area contributed by atoms with Crippen LogP contribution in [0.25, 0.3) is 0 Å². The van der Waals surface area contributed by atoms with Crippen LogP contribution < -0.4 is 0 Å². The van der Waals surface area contributed by atoms with Crippen molar-refractivity contribution in [2.75, 3.05) is 13.2 Å². The normalized spacial score (nSPS) is 12.1. The molecule has 1 amide bonds. The van der Waals surface area contributed by atoms with Crippen LogP contribution >= 0.6 is 0 Å². The molecule has 0 saturated heterocycles. The van der Waals surface area contributed by atoms with E-state index in [1.807, 2.05) is 52.8 Å². The van der Waals surface area contributed by atoms with Crippen molar-refractivity contribution in [1.29, 1.82) is 0 Å². The second-order valence-electron chi connectivity index (χ2n) is 7.51. The Kier molecular flexibility index (Phi) is 7.07. The van der Waals surface area contributed by atoms with E-state index in [-0.39, 0.29) is 18.2 Å². The first-order valence-electron chi connectivity index (χ1n) is 8.31. The van der Waals surface area contributed by atoms with E-state index in [4.69, 9.17) is 9.84 Å². The predicted octanol–water partition coefficient (Wildman–Crippen LogP) is 4.02. The quantitative estimate of drug-likeness (QED) is 0.825. The summed E-state index contributed by atoms with van der Waals surface area (Å²) in [5, 5.41) is 9.11. The molecule has 0 radical (unpaired) electrons. The third-order valence-electron chi connectivity index (χ3n) is 3.76. The molecular weight excluding hydrogens is 290 g/mol. The number of hydrogen-bond acceptors (Lipinski definition) is 3. The van der Waals surface area contributed by atoms with Crippen LogP contribution in [0.3, 0.4) is 0 Å². The van der Waals surface area contributed by atoms with E-state index in [0.29, 0.717) is 13.0 Å². The van der Waals surface area contributed by atoms with Gasteiger partial charge in [0.15, 0.2) is 0 Å². The van der Waals surface area contributed by atoms with E-state index in [1.165, 1.54) is 5.56 Å². The number of hydrogen-bond donors (Lipinski definition) is 1. The molecule has 0 aliphatic carbocycles. The Labute approximate surface area is 140 Å². The van der Waals surface area contributed by atoms with Gasteiger partial charge in [0.2, 0.25) is 0 Å². The van der Waals surface area contributed by atoms with E-state index in [0.717, 1.165) is 12.8 Å². The van der Waals surface area contributed by atoms with Gasteiger partial charge < -0.3 is 14.7 Å². The zero-order chi connectivity index (χ0) is 17.5. The zero-order valence-electron chi connectivity index (χ0n) is 15.1. The van der Waals surface area contributed by atoms with Gasteiger partial charge in [-0.2, -0.15) is 0 Å². The first-order chi connectivity index (χ1) is 10.7. The van der Waals surface area contributed by atoms with Crippen molar-refractivity contribution in [1.82, 2.24) is 4.90 Å². The number of aliphatic hydroxyl groups excluding tert-OH is 1. The second-order valence-corrected chi connectivity index (χ2v) is 7.51. The highest BCUT2D eigenvalue weighted by molar-refractivity contribution is 5.69. The summed E-state index contributed by atoms with van der Waals surface area (Å²) in [5.41, 5.74) is 0.314. The Morgan fingerprint density at radius 3 is 2.26 bits per heavy atom. The van der Waals surface area contributed by atoms with Crippen LogP contribution in [0.2, 0.25) is 0 Å². The van der Waals surface area contributed by atoms with Gasteiger partial charge in [0, 0.05) is 18.7 Å². The molecule has 0 aliphatic rings. The molecular formula is C19H31NO3. The molecule has 4 nitrogen and oxygen atoms in total. The number of aliphatic hydroxyl groups is 1. The Hall–Kier alpha value is -1.55. The predicted molar refractivity (Wildman–Crippen MR) is 93.5 cm³/mol. The molecule has 4 heteroatoms. The Bertz CT molecular complexity index is 477. The Balaban J connectivity index is 2.84. The summed E-state index contributed by atoms with van der Waals surface area (Å²) < 4.78 is 5.58.